The minimum atomic E-state index is -4.32. The molecule has 35 heavy (non-hydrogen) atoms. The molecular weight excluding hydrogens is 456 g/mol. The smallest absolute Gasteiger partial charge is 0.264 e. The van der Waals surface area contributed by atoms with E-state index in [1.807, 2.05) is 0 Å². The highest BCUT2D eigenvalue weighted by molar-refractivity contribution is 7.80. The van der Waals surface area contributed by atoms with Gasteiger partial charge in [0.1, 0.15) is 0 Å². The van der Waals surface area contributed by atoms with Crippen LogP contribution in [0.4, 0.5) is 0 Å². The summed E-state index contributed by atoms with van der Waals surface area (Å²) >= 11 is 0. The molecule has 0 saturated carbocycles. The normalized spacial score (nSPS) is 12.9. The van der Waals surface area contributed by atoms with Gasteiger partial charge in [-0.05, 0) is 18.8 Å². The summed E-state index contributed by atoms with van der Waals surface area (Å²) in [6.07, 6.45) is 34.3. The monoisotopic (exact) mass is 518 g/mol. The van der Waals surface area contributed by atoms with Crippen LogP contribution in [0.1, 0.15) is 181 Å². The maximum absolute atomic E-state index is 10.9. The van der Waals surface area contributed by atoms with Crippen LogP contribution in [0.15, 0.2) is 0 Å². The highest BCUT2D eigenvalue weighted by atomic mass is 32.3. The first-order valence-electron chi connectivity index (χ1n) is 15.6. The largest absolute Gasteiger partial charge is 0.397 e. The minimum Gasteiger partial charge on any atom is -0.264 e. The summed E-state index contributed by atoms with van der Waals surface area (Å²) in [5, 5.41) is 0. The Bertz CT molecular complexity index is 506. The van der Waals surface area contributed by atoms with Crippen molar-refractivity contribution in [3.8, 4) is 0 Å². The van der Waals surface area contributed by atoms with Crippen molar-refractivity contribution in [2.45, 2.75) is 181 Å². The van der Waals surface area contributed by atoms with Crippen LogP contribution in [-0.2, 0) is 14.6 Å². The third kappa shape index (κ3) is 30.0. The van der Waals surface area contributed by atoms with Gasteiger partial charge in [-0.3, -0.25) is 4.55 Å². The van der Waals surface area contributed by atoms with Crippen LogP contribution in [0.3, 0.4) is 0 Å². The molecule has 0 aliphatic heterocycles. The van der Waals surface area contributed by atoms with Gasteiger partial charge in [-0.15, -0.1) is 0 Å². The maximum Gasteiger partial charge on any atom is 0.397 e. The SMILES string of the molecule is CCCCCCCCCCCCCCCCCCCCCC(CCCCCCC)COS(=O)(=O)O. The average Bonchev–Trinajstić information content (AvgIpc) is 2.82. The zero-order valence-corrected chi connectivity index (χ0v) is 24.6. The topological polar surface area (TPSA) is 63.6 Å². The standard InChI is InChI=1S/C30H62O4S/c1-3-5-7-9-10-11-12-13-14-15-16-17-18-19-20-21-22-24-26-28-30(29-34-35(31,32)33)27-25-23-8-6-4-2/h30H,3-29H2,1-2H3,(H,31,32,33). The molecule has 0 heterocycles. The molecule has 1 unspecified atom stereocenters. The van der Waals surface area contributed by atoms with Crippen molar-refractivity contribution in [2.75, 3.05) is 6.61 Å². The van der Waals surface area contributed by atoms with Gasteiger partial charge in [0.2, 0.25) is 0 Å². The van der Waals surface area contributed by atoms with Gasteiger partial charge in [0.15, 0.2) is 0 Å². The molecule has 0 spiro atoms. The Hall–Kier alpha value is -0.130. The zero-order chi connectivity index (χ0) is 25.9. The summed E-state index contributed by atoms with van der Waals surface area (Å²) in [7, 11) is -4.32. The number of rotatable bonds is 29. The van der Waals surface area contributed by atoms with Crippen LogP contribution in [-0.4, -0.2) is 19.6 Å². The molecule has 1 atom stereocenters. The Kier molecular flexibility index (Phi) is 26.8. The summed E-state index contributed by atoms with van der Waals surface area (Å²) in [6.45, 7) is 4.63. The first-order valence-corrected chi connectivity index (χ1v) is 17.0. The van der Waals surface area contributed by atoms with Crippen LogP contribution in [0.2, 0.25) is 0 Å². The molecule has 0 radical (unpaired) electrons. The molecule has 1 N–H and O–H groups in total. The third-order valence-electron chi connectivity index (χ3n) is 7.38. The van der Waals surface area contributed by atoms with E-state index in [9.17, 15) is 8.42 Å². The highest BCUT2D eigenvalue weighted by Crippen LogP contribution is 2.20. The van der Waals surface area contributed by atoms with Crippen molar-refractivity contribution >= 4 is 10.4 Å². The van der Waals surface area contributed by atoms with Crippen molar-refractivity contribution in [3.05, 3.63) is 0 Å². The summed E-state index contributed by atoms with van der Waals surface area (Å²) in [5.74, 6) is 0.240. The Labute approximate surface area is 220 Å². The molecule has 0 fully saturated rings. The third-order valence-corrected chi connectivity index (χ3v) is 7.82. The Morgan fingerprint density at radius 3 is 1.00 bits per heavy atom. The Morgan fingerprint density at radius 2 is 0.743 bits per heavy atom. The second-order valence-electron chi connectivity index (χ2n) is 10.9. The quantitative estimate of drug-likeness (QED) is 0.0790. The zero-order valence-electron chi connectivity index (χ0n) is 23.7. The molecule has 212 valence electrons. The van der Waals surface area contributed by atoms with E-state index in [1.165, 1.54) is 141 Å². The van der Waals surface area contributed by atoms with E-state index in [1.54, 1.807) is 0 Å². The molecule has 0 bridgehead atoms. The van der Waals surface area contributed by atoms with Crippen molar-refractivity contribution in [2.24, 2.45) is 5.92 Å². The second-order valence-corrected chi connectivity index (χ2v) is 12.0. The molecule has 0 aliphatic carbocycles. The van der Waals surface area contributed by atoms with Crippen LogP contribution in [0.5, 0.6) is 0 Å². The highest BCUT2D eigenvalue weighted by Gasteiger charge is 2.13. The fourth-order valence-electron chi connectivity index (χ4n) is 5.04. The van der Waals surface area contributed by atoms with Crippen molar-refractivity contribution in [1.82, 2.24) is 0 Å². The van der Waals surface area contributed by atoms with Crippen molar-refractivity contribution < 1.29 is 17.2 Å². The maximum atomic E-state index is 10.9. The summed E-state index contributed by atoms with van der Waals surface area (Å²) in [5.41, 5.74) is 0. The first-order chi connectivity index (χ1) is 17.0. The van der Waals surface area contributed by atoms with Gasteiger partial charge in [-0.25, -0.2) is 4.18 Å². The van der Waals surface area contributed by atoms with Crippen LogP contribution >= 0.6 is 0 Å². The Morgan fingerprint density at radius 1 is 0.486 bits per heavy atom. The van der Waals surface area contributed by atoms with Gasteiger partial charge < -0.3 is 0 Å². The molecule has 0 aromatic carbocycles. The van der Waals surface area contributed by atoms with Gasteiger partial charge in [0, 0.05) is 0 Å². The second kappa shape index (κ2) is 26.9. The van der Waals surface area contributed by atoms with Gasteiger partial charge >= 0.3 is 10.4 Å². The molecule has 5 heteroatoms. The Balaban J connectivity index is 3.51. The van der Waals surface area contributed by atoms with Crippen molar-refractivity contribution in [3.63, 3.8) is 0 Å². The lowest BCUT2D eigenvalue weighted by molar-refractivity contribution is 0.204. The number of hydrogen-bond donors (Lipinski definition) is 1. The van der Waals surface area contributed by atoms with E-state index in [0.29, 0.717) is 0 Å². The van der Waals surface area contributed by atoms with E-state index in [0.717, 1.165) is 25.7 Å². The lowest BCUT2D eigenvalue weighted by Crippen LogP contribution is -2.14. The number of hydrogen-bond acceptors (Lipinski definition) is 3. The van der Waals surface area contributed by atoms with E-state index in [4.69, 9.17) is 4.55 Å². The van der Waals surface area contributed by atoms with Gasteiger partial charge in [0.25, 0.3) is 0 Å². The summed E-state index contributed by atoms with van der Waals surface area (Å²) in [6, 6.07) is 0. The minimum absolute atomic E-state index is 0.131. The molecule has 0 aromatic rings. The lowest BCUT2D eigenvalue weighted by atomic mass is 9.95. The van der Waals surface area contributed by atoms with Crippen LogP contribution < -0.4 is 0 Å². The van der Waals surface area contributed by atoms with E-state index < -0.39 is 10.4 Å². The fraction of sp³-hybridized carbons (Fsp3) is 1.00. The molecule has 0 aliphatic rings. The van der Waals surface area contributed by atoms with E-state index in [-0.39, 0.29) is 12.5 Å². The van der Waals surface area contributed by atoms with Crippen LogP contribution in [0, 0.1) is 5.92 Å². The van der Waals surface area contributed by atoms with Crippen LogP contribution in [0.25, 0.3) is 0 Å². The van der Waals surface area contributed by atoms with E-state index >= 15 is 0 Å². The van der Waals surface area contributed by atoms with Gasteiger partial charge in [0.05, 0.1) is 6.61 Å². The van der Waals surface area contributed by atoms with Gasteiger partial charge in [-0.1, -0.05) is 168 Å². The molecule has 4 nitrogen and oxygen atoms in total. The first kappa shape index (κ1) is 34.9. The predicted molar refractivity (Wildman–Crippen MR) is 152 cm³/mol. The summed E-state index contributed by atoms with van der Waals surface area (Å²) in [4.78, 5) is 0. The molecule has 0 amide bonds. The van der Waals surface area contributed by atoms with Crippen molar-refractivity contribution in [1.29, 1.82) is 0 Å². The molecule has 0 rings (SSSR count). The van der Waals surface area contributed by atoms with E-state index in [2.05, 4.69) is 18.0 Å². The molecule has 0 saturated heterocycles. The lowest BCUT2D eigenvalue weighted by Gasteiger charge is -2.16. The predicted octanol–water partition coefficient (Wildman–Crippen LogP) is 10.6. The fourth-order valence-corrected chi connectivity index (χ4v) is 5.41. The molecule has 0 aromatic heterocycles. The summed E-state index contributed by atoms with van der Waals surface area (Å²) < 4.78 is 35.4. The average molecular weight is 519 g/mol. The number of unbranched alkanes of at least 4 members (excludes halogenated alkanes) is 22. The molecular formula is C30H62O4S. The van der Waals surface area contributed by atoms with Gasteiger partial charge in [-0.2, -0.15) is 8.42 Å².